The fraction of sp³-hybridized carbons (Fsp3) is 0.604. The number of primary amides is 1. The zero-order chi connectivity index (χ0) is 55.2. The second-order valence-electron chi connectivity index (χ2n) is 20.1. The zero-order valence-corrected chi connectivity index (χ0v) is 45.7. The van der Waals surface area contributed by atoms with E-state index in [1.807, 2.05) is 25.1 Å². The lowest BCUT2D eigenvalue weighted by atomic mass is 9.85. The standard InChI is InChI=1S/C53H79N11O10S2/c1-4-74-36-20-18-35(19-21-36)29-38-47(68)60-39(28-34-14-7-5-8-15-34)49(70)63-45(33(2)3)51(72)61-40(30-43(56)65)48(69)62-41(32-75-76-53(31-44(66)59-38)22-10-6-11-23-53)52(73)64-27-13-17-42(64)50(71)58-26-25-57-46(67)37(55)16-9-12-24-54/h5,7-8,14-15,18-21,33,37-42,45H,4,6,9-13,16-17,22-32,54-55H2,1-3H3,(H2,56,65)(H,57,67)(H,58,71)(H,59,66)(H,60,68)(H,61,72)(H,62,69)(H,63,70)/t37-,38-,39+,40+,41+,42+,45+/m1/s1. The van der Waals surface area contributed by atoms with Gasteiger partial charge in [0.1, 0.15) is 42.0 Å². The second-order valence-corrected chi connectivity index (χ2v) is 22.9. The van der Waals surface area contributed by atoms with Crippen molar-refractivity contribution in [2.24, 2.45) is 23.1 Å². The van der Waals surface area contributed by atoms with Crippen molar-refractivity contribution in [3.05, 3.63) is 65.7 Å². The number of likely N-dealkylation sites (tertiary alicyclic amines) is 1. The Morgan fingerprint density at radius 2 is 1.41 bits per heavy atom. The molecule has 0 aromatic heterocycles. The van der Waals surface area contributed by atoms with Gasteiger partial charge >= 0.3 is 0 Å². The molecule has 1 spiro atoms. The van der Waals surface area contributed by atoms with Gasteiger partial charge in [-0.1, -0.05) is 104 Å². The van der Waals surface area contributed by atoms with Crippen LogP contribution in [0.15, 0.2) is 54.6 Å². The molecule has 1 saturated carbocycles. The summed E-state index contributed by atoms with van der Waals surface area (Å²) in [6.07, 6.45) is 5.97. The summed E-state index contributed by atoms with van der Waals surface area (Å²) in [5.41, 5.74) is 18.6. The van der Waals surface area contributed by atoms with E-state index in [2.05, 4.69) is 37.2 Å². The number of rotatable bonds is 19. The van der Waals surface area contributed by atoms with Gasteiger partial charge in [0, 0.05) is 49.4 Å². The molecule has 2 aliphatic heterocycles. The maximum absolute atomic E-state index is 14.8. The van der Waals surface area contributed by atoms with Crippen molar-refractivity contribution in [1.29, 1.82) is 0 Å². The highest BCUT2D eigenvalue weighted by Gasteiger charge is 2.42. The van der Waals surface area contributed by atoms with E-state index >= 15 is 0 Å². The van der Waals surface area contributed by atoms with E-state index in [4.69, 9.17) is 21.9 Å². The molecular formula is C53H79N11O10S2. The van der Waals surface area contributed by atoms with E-state index in [1.165, 1.54) is 26.5 Å². The molecule has 5 rings (SSSR count). The number of unbranched alkanes of at least 4 members (excludes halogenated alkanes) is 1. The molecular weight excluding hydrogens is 1010 g/mol. The smallest absolute Gasteiger partial charge is 0.246 e. The van der Waals surface area contributed by atoms with Crippen molar-refractivity contribution in [2.75, 3.05) is 38.5 Å². The molecule has 21 nitrogen and oxygen atoms in total. The fourth-order valence-electron chi connectivity index (χ4n) is 9.59. The van der Waals surface area contributed by atoms with E-state index in [-0.39, 0.29) is 50.6 Å². The highest BCUT2D eigenvalue weighted by atomic mass is 33.1. The molecule has 76 heavy (non-hydrogen) atoms. The molecule has 2 aromatic rings. The molecule has 9 amide bonds. The first kappa shape index (κ1) is 60.9. The second kappa shape index (κ2) is 30.7. The maximum Gasteiger partial charge on any atom is 0.246 e. The molecule has 3 aliphatic rings. The molecule has 7 atom stereocenters. The highest BCUT2D eigenvalue weighted by Crippen LogP contribution is 2.48. The third-order valence-electron chi connectivity index (χ3n) is 13.7. The molecule has 13 N–H and O–H groups in total. The van der Waals surface area contributed by atoms with Crippen LogP contribution in [0.25, 0.3) is 0 Å². The van der Waals surface area contributed by atoms with Crippen molar-refractivity contribution in [3.63, 3.8) is 0 Å². The van der Waals surface area contributed by atoms with Gasteiger partial charge in [-0.15, -0.1) is 0 Å². The summed E-state index contributed by atoms with van der Waals surface area (Å²) in [6, 6.07) is 7.91. The van der Waals surface area contributed by atoms with Crippen molar-refractivity contribution in [2.45, 2.75) is 158 Å². The first-order valence-electron chi connectivity index (χ1n) is 26.6. The Kier molecular flexibility index (Phi) is 24.6. The van der Waals surface area contributed by atoms with Crippen molar-refractivity contribution < 1.29 is 47.9 Å². The van der Waals surface area contributed by atoms with Gasteiger partial charge in [0.2, 0.25) is 53.2 Å². The summed E-state index contributed by atoms with van der Waals surface area (Å²) >= 11 is 0. The van der Waals surface area contributed by atoms with E-state index in [0.717, 1.165) is 31.2 Å². The van der Waals surface area contributed by atoms with Crippen molar-refractivity contribution in [3.8, 4) is 5.75 Å². The Morgan fingerprint density at radius 3 is 2.07 bits per heavy atom. The lowest BCUT2D eigenvalue weighted by molar-refractivity contribution is -0.141. The summed E-state index contributed by atoms with van der Waals surface area (Å²) in [5, 5.41) is 19.5. The van der Waals surface area contributed by atoms with Gasteiger partial charge < -0.3 is 64.1 Å². The number of carbonyl (C=O) groups is 9. The van der Waals surface area contributed by atoms with Gasteiger partial charge in [0.05, 0.1) is 19.1 Å². The Bertz CT molecular complexity index is 2290. The monoisotopic (exact) mass is 1090 g/mol. The van der Waals surface area contributed by atoms with Crippen LogP contribution in [0.2, 0.25) is 0 Å². The minimum Gasteiger partial charge on any atom is -0.494 e. The average Bonchev–Trinajstić information content (AvgIpc) is 3.89. The summed E-state index contributed by atoms with van der Waals surface area (Å²) in [6.45, 7) is 6.51. The normalized spacial score (nSPS) is 23.5. The molecule has 0 unspecified atom stereocenters. The first-order valence-corrected chi connectivity index (χ1v) is 28.9. The SMILES string of the molecule is CCOc1ccc(C[C@H]2NC(=O)CC3(CCCCC3)SSC[C@@H](C(=O)N3CCC[C@H]3C(=O)NCCNC(=O)[C@H](N)CCCCN)NC(=O)[C@H](CC(N)=O)NC(=O)[C@H](C(C)C)NC(=O)[C@H](Cc3ccccc3)NC2=O)cc1. The predicted octanol–water partition coefficient (Wildman–Crippen LogP) is 0.994. The lowest BCUT2D eigenvalue weighted by Gasteiger charge is -2.37. The molecule has 3 fully saturated rings. The average molecular weight is 1090 g/mol. The number of nitrogens with two attached hydrogens (primary N) is 3. The van der Waals surface area contributed by atoms with Crippen molar-refractivity contribution >= 4 is 74.8 Å². The van der Waals surface area contributed by atoms with Crippen LogP contribution < -0.4 is 59.2 Å². The number of hydrogen-bond acceptors (Lipinski definition) is 14. The Labute approximate surface area is 453 Å². The largest absolute Gasteiger partial charge is 0.494 e. The van der Waals surface area contributed by atoms with E-state index in [0.29, 0.717) is 63.0 Å². The number of amides is 9. The number of benzene rings is 2. The van der Waals surface area contributed by atoms with Gasteiger partial charge in [0.15, 0.2) is 0 Å². The maximum atomic E-state index is 14.8. The molecule has 0 bridgehead atoms. The van der Waals surface area contributed by atoms with Crippen LogP contribution in [0, 0.1) is 5.92 Å². The molecule has 2 heterocycles. The highest BCUT2D eigenvalue weighted by molar-refractivity contribution is 8.77. The van der Waals surface area contributed by atoms with Crippen LogP contribution in [0.5, 0.6) is 5.75 Å². The lowest BCUT2D eigenvalue weighted by Crippen LogP contribution is -2.61. The molecule has 418 valence electrons. The van der Waals surface area contributed by atoms with Gasteiger partial charge in [0.25, 0.3) is 0 Å². The van der Waals surface area contributed by atoms with Gasteiger partial charge in [-0.05, 0) is 81.2 Å². The van der Waals surface area contributed by atoms with Gasteiger partial charge in [-0.3, -0.25) is 43.2 Å². The molecule has 23 heteroatoms. The predicted molar refractivity (Wildman–Crippen MR) is 292 cm³/mol. The minimum atomic E-state index is -1.60. The third kappa shape index (κ3) is 19.0. The molecule has 2 aromatic carbocycles. The van der Waals surface area contributed by atoms with Crippen LogP contribution in [0.3, 0.4) is 0 Å². The first-order chi connectivity index (χ1) is 36.4. The number of nitrogens with one attached hydrogen (secondary N) is 7. The number of nitrogens with zero attached hydrogens (tertiary/aromatic N) is 1. The van der Waals surface area contributed by atoms with Crippen LogP contribution in [-0.4, -0.2) is 144 Å². The van der Waals surface area contributed by atoms with Crippen LogP contribution in [0.4, 0.5) is 0 Å². The van der Waals surface area contributed by atoms with E-state index < -0.39 is 107 Å². The van der Waals surface area contributed by atoms with Crippen molar-refractivity contribution in [1.82, 2.24) is 42.1 Å². The van der Waals surface area contributed by atoms with E-state index in [1.54, 1.807) is 50.2 Å². The summed E-state index contributed by atoms with van der Waals surface area (Å²) < 4.78 is 4.98. The third-order valence-corrected chi connectivity index (χ3v) is 17.0. The Hall–Kier alpha value is -5.91. The molecule has 0 radical (unpaired) electrons. The summed E-state index contributed by atoms with van der Waals surface area (Å²) in [5.74, 6) is -5.84. The van der Waals surface area contributed by atoms with Crippen LogP contribution in [0.1, 0.15) is 109 Å². The number of hydrogen-bond donors (Lipinski definition) is 10. The van der Waals surface area contributed by atoms with E-state index in [9.17, 15) is 43.2 Å². The Balaban J connectivity index is 1.46. The van der Waals surface area contributed by atoms with Gasteiger partial charge in [-0.2, -0.15) is 0 Å². The molecule has 1 aliphatic carbocycles. The molecule has 2 saturated heterocycles. The summed E-state index contributed by atoms with van der Waals surface area (Å²) in [7, 11) is 2.69. The topological polar surface area (TPSA) is 328 Å². The van der Waals surface area contributed by atoms with Gasteiger partial charge in [-0.25, -0.2) is 0 Å². The summed E-state index contributed by atoms with van der Waals surface area (Å²) in [4.78, 5) is 127. The quantitative estimate of drug-likeness (QED) is 0.0694. The Morgan fingerprint density at radius 1 is 0.776 bits per heavy atom. The number of carbonyl (C=O) groups excluding carboxylic acids is 9. The zero-order valence-electron chi connectivity index (χ0n) is 44.0. The minimum absolute atomic E-state index is 0.00839. The van der Waals surface area contributed by atoms with Crippen LogP contribution in [-0.2, 0) is 56.0 Å². The van der Waals surface area contributed by atoms with Crippen LogP contribution >= 0.6 is 21.6 Å². The number of ether oxygens (including phenoxy) is 1. The fourth-order valence-corrected chi connectivity index (χ4v) is 13.0.